The first-order valence-electron chi connectivity index (χ1n) is 8.30. The Labute approximate surface area is 150 Å². The Balaban J connectivity index is 2.20. The van der Waals surface area contributed by atoms with Gasteiger partial charge in [-0.1, -0.05) is 29.3 Å². The molecule has 0 radical (unpaired) electrons. The van der Waals surface area contributed by atoms with Crippen LogP contribution in [-0.2, 0) is 0 Å². The predicted molar refractivity (Wildman–Crippen MR) is 108 cm³/mol. The average Bonchev–Trinajstić information content (AvgIpc) is 2.95. The molecule has 25 heavy (non-hydrogen) atoms. The third-order valence-corrected chi connectivity index (χ3v) is 6.96. The quantitative estimate of drug-likeness (QED) is 0.400. The van der Waals surface area contributed by atoms with Crippen LogP contribution in [0.4, 0.5) is 0 Å². The maximum Gasteiger partial charge on any atom is 0.229 e. The topological polar surface area (TPSA) is 18.5 Å². The molecule has 0 aliphatic carbocycles. The SMILES string of the molecule is COc1cc(OC)c2c(c1)c1cc(C)ccc1[s+]2-c1ccc(C)cc1. The van der Waals surface area contributed by atoms with Crippen molar-refractivity contribution in [3.8, 4) is 16.4 Å². The molecule has 0 bridgehead atoms. The van der Waals surface area contributed by atoms with Crippen molar-refractivity contribution in [2.24, 2.45) is 0 Å². The van der Waals surface area contributed by atoms with Crippen molar-refractivity contribution >= 4 is 30.6 Å². The molecule has 1 heterocycles. The summed E-state index contributed by atoms with van der Waals surface area (Å²) < 4.78 is 13.9. The lowest BCUT2D eigenvalue weighted by atomic mass is 10.1. The van der Waals surface area contributed by atoms with E-state index in [1.54, 1.807) is 14.2 Å². The van der Waals surface area contributed by atoms with Crippen molar-refractivity contribution in [1.29, 1.82) is 0 Å². The van der Waals surface area contributed by atoms with Crippen molar-refractivity contribution in [3.05, 3.63) is 65.7 Å². The second-order valence-electron chi connectivity index (χ2n) is 6.33. The van der Waals surface area contributed by atoms with Crippen LogP contribution in [0.2, 0.25) is 0 Å². The zero-order valence-electron chi connectivity index (χ0n) is 14.9. The summed E-state index contributed by atoms with van der Waals surface area (Å²) in [6.45, 7) is 4.26. The lowest BCUT2D eigenvalue weighted by Gasteiger charge is -2.04. The summed E-state index contributed by atoms with van der Waals surface area (Å²) in [5.41, 5.74) is 2.54. The van der Waals surface area contributed by atoms with Crippen LogP contribution < -0.4 is 9.47 Å². The summed E-state index contributed by atoms with van der Waals surface area (Å²) in [6, 6.07) is 19.7. The summed E-state index contributed by atoms with van der Waals surface area (Å²) in [7, 11) is 3.28. The van der Waals surface area contributed by atoms with Crippen molar-refractivity contribution in [2.75, 3.05) is 14.2 Å². The molecule has 0 aliphatic rings. The summed E-state index contributed by atoms with van der Waals surface area (Å²) in [5, 5.41) is 2.51. The van der Waals surface area contributed by atoms with Crippen molar-refractivity contribution in [3.63, 3.8) is 0 Å². The van der Waals surface area contributed by atoms with Gasteiger partial charge in [0.2, 0.25) is 4.70 Å². The third kappa shape index (κ3) is 2.56. The summed E-state index contributed by atoms with van der Waals surface area (Å²) in [4.78, 5) is 1.32. The number of benzene rings is 3. The van der Waals surface area contributed by atoms with E-state index in [9.17, 15) is 0 Å². The second-order valence-corrected chi connectivity index (χ2v) is 8.26. The molecule has 1 atom stereocenters. The molecule has 3 aromatic carbocycles. The fraction of sp³-hybridized carbons (Fsp3) is 0.182. The lowest BCUT2D eigenvalue weighted by molar-refractivity contribution is 0.398. The fourth-order valence-electron chi connectivity index (χ4n) is 3.32. The van der Waals surface area contributed by atoms with Crippen LogP contribution in [0, 0.1) is 13.8 Å². The standard InChI is InChI=1S/C22H21O2S/c1-14-5-8-17(9-6-14)25-21-10-7-15(2)11-18(21)19-12-16(23-3)13-20(24-4)22(19)25/h5-13H,1-4H3/q+1. The molecule has 0 saturated carbocycles. The normalized spacial score (nSPS) is 11.9. The Morgan fingerprint density at radius 1 is 0.720 bits per heavy atom. The number of hydrogen-bond donors (Lipinski definition) is 0. The second kappa shape index (κ2) is 6.08. The largest absolute Gasteiger partial charge is 0.497 e. The molecule has 4 aromatic rings. The highest BCUT2D eigenvalue weighted by atomic mass is 32.2. The van der Waals surface area contributed by atoms with Crippen LogP contribution in [0.1, 0.15) is 11.1 Å². The average molecular weight is 349 g/mol. The van der Waals surface area contributed by atoms with Crippen molar-refractivity contribution in [2.45, 2.75) is 13.8 Å². The zero-order chi connectivity index (χ0) is 17.6. The Bertz CT molecular complexity index is 1080. The molecule has 0 N–H and O–H groups in total. The van der Waals surface area contributed by atoms with Gasteiger partial charge in [-0.2, -0.15) is 0 Å². The minimum absolute atomic E-state index is 0.159. The lowest BCUT2D eigenvalue weighted by Crippen LogP contribution is -1.87. The van der Waals surface area contributed by atoms with Gasteiger partial charge in [0.15, 0.2) is 15.3 Å². The molecular weight excluding hydrogens is 328 g/mol. The number of ether oxygens (including phenoxy) is 2. The van der Waals surface area contributed by atoms with E-state index in [1.807, 2.05) is 6.07 Å². The Morgan fingerprint density at radius 3 is 2.12 bits per heavy atom. The van der Waals surface area contributed by atoms with E-state index >= 15 is 0 Å². The first kappa shape index (κ1) is 16.0. The highest BCUT2D eigenvalue weighted by Crippen LogP contribution is 2.53. The zero-order valence-corrected chi connectivity index (χ0v) is 15.7. The number of thiophene rings is 1. The number of fused-ring (bicyclic) bond motifs is 3. The number of rotatable bonds is 3. The Kier molecular flexibility index (Phi) is 3.89. The van der Waals surface area contributed by atoms with Crippen LogP contribution in [0.3, 0.4) is 0 Å². The first-order valence-corrected chi connectivity index (χ1v) is 9.53. The summed E-state index contributed by atoms with van der Waals surface area (Å²) in [5.74, 6) is 1.73. The van der Waals surface area contributed by atoms with Gasteiger partial charge in [-0.25, -0.2) is 0 Å². The van der Waals surface area contributed by atoms with E-state index in [4.69, 9.17) is 9.47 Å². The molecule has 0 fully saturated rings. The Hall–Kier alpha value is -2.52. The predicted octanol–water partition coefficient (Wildman–Crippen LogP) is 6.37. The van der Waals surface area contributed by atoms with Crippen LogP contribution in [0.25, 0.3) is 25.1 Å². The van der Waals surface area contributed by atoms with Crippen molar-refractivity contribution in [1.82, 2.24) is 0 Å². The highest BCUT2D eigenvalue weighted by Gasteiger charge is 2.28. The number of methoxy groups -OCH3 is 2. The first-order chi connectivity index (χ1) is 12.1. The molecule has 126 valence electrons. The van der Waals surface area contributed by atoms with E-state index in [-0.39, 0.29) is 10.5 Å². The molecular formula is C22H21O2S+. The van der Waals surface area contributed by atoms with E-state index in [2.05, 4.69) is 62.4 Å². The van der Waals surface area contributed by atoms with Gasteiger partial charge in [0, 0.05) is 21.9 Å². The van der Waals surface area contributed by atoms with Gasteiger partial charge >= 0.3 is 0 Å². The van der Waals surface area contributed by atoms with Gasteiger partial charge in [-0.05, 0) is 44.2 Å². The molecule has 0 saturated heterocycles. The van der Waals surface area contributed by atoms with E-state index < -0.39 is 0 Å². The summed E-state index contributed by atoms with van der Waals surface area (Å²) in [6.07, 6.45) is 0. The van der Waals surface area contributed by atoms with Gasteiger partial charge < -0.3 is 9.47 Å². The minimum atomic E-state index is -0.159. The molecule has 4 rings (SSSR count). The monoisotopic (exact) mass is 349 g/mol. The number of aryl methyl sites for hydroxylation is 2. The van der Waals surface area contributed by atoms with Gasteiger partial charge in [0.25, 0.3) is 0 Å². The molecule has 0 aliphatic heterocycles. The molecule has 1 aromatic heterocycles. The van der Waals surface area contributed by atoms with Gasteiger partial charge in [0.1, 0.15) is 5.75 Å². The van der Waals surface area contributed by atoms with E-state index in [0.29, 0.717) is 0 Å². The van der Waals surface area contributed by atoms with Crippen LogP contribution in [0.5, 0.6) is 11.5 Å². The van der Waals surface area contributed by atoms with Crippen LogP contribution >= 0.6 is 10.5 Å². The minimum Gasteiger partial charge on any atom is -0.497 e. The van der Waals surface area contributed by atoms with Gasteiger partial charge in [-0.15, -0.1) is 0 Å². The highest BCUT2D eigenvalue weighted by molar-refractivity contribution is 7.50. The third-order valence-electron chi connectivity index (χ3n) is 4.59. The van der Waals surface area contributed by atoms with E-state index in [1.165, 1.54) is 36.2 Å². The van der Waals surface area contributed by atoms with Crippen molar-refractivity contribution < 1.29 is 9.47 Å². The maximum absolute atomic E-state index is 5.76. The van der Waals surface area contributed by atoms with Crippen LogP contribution in [0.15, 0.2) is 54.6 Å². The molecule has 2 nitrogen and oxygen atoms in total. The van der Waals surface area contributed by atoms with Gasteiger partial charge in [0.05, 0.1) is 19.6 Å². The molecule has 0 amide bonds. The molecule has 3 heteroatoms. The van der Waals surface area contributed by atoms with Crippen LogP contribution in [-0.4, -0.2) is 14.2 Å². The Morgan fingerprint density at radius 2 is 1.44 bits per heavy atom. The number of hydrogen-bond acceptors (Lipinski definition) is 2. The maximum atomic E-state index is 5.76. The summed E-state index contributed by atoms with van der Waals surface area (Å²) >= 11 is 0. The smallest absolute Gasteiger partial charge is 0.229 e. The molecule has 0 spiro atoms. The molecule has 1 unspecified atom stereocenters. The van der Waals surface area contributed by atoms with E-state index in [0.717, 1.165) is 11.5 Å². The fourth-order valence-corrected chi connectivity index (χ4v) is 5.76. The van der Waals surface area contributed by atoms with Gasteiger partial charge in [-0.3, -0.25) is 0 Å².